The first-order valence-corrected chi connectivity index (χ1v) is 10.9. The molecule has 5 nitrogen and oxygen atoms in total. The number of benzene rings is 3. The van der Waals surface area contributed by atoms with Gasteiger partial charge in [0, 0.05) is 20.0 Å². The van der Waals surface area contributed by atoms with Crippen LogP contribution < -0.4 is 10.1 Å². The fraction of sp³-hybridized carbons (Fsp3) is 0.259. The van der Waals surface area contributed by atoms with E-state index in [1.54, 1.807) is 19.2 Å². The van der Waals surface area contributed by atoms with Gasteiger partial charge in [-0.15, -0.1) is 0 Å². The highest BCUT2D eigenvalue weighted by molar-refractivity contribution is 5.88. The number of rotatable bonds is 9. The van der Waals surface area contributed by atoms with Gasteiger partial charge in [0.15, 0.2) is 6.61 Å². The van der Waals surface area contributed by atoms with Crippen LogP contribution in [0, 0.1) is 19.7 Å². The van der Waals surface area contributed by atoms with Gasteiger partial charge in [-0.25, -0.2) is 4.39 Å². The molecule has 0 aliphatic rings. The molecular weight excluding hydrogens is 419 g/mol. The second kappa shape index (κ2) is 11.3. The first-order chi connectivity index (χ1) is 15.9. The maximum atomic E-state index is 13.4. The van der Waals surface area contributed by atoms with Crippen molar-refractivity contribution in [2.24, 2.45) is 0 Å². The highest BCUT2D eigenvalue weighted by Crippen LogP contribution is 2.20. The van der Waals surface area contributed by atoms with Crippen LogP contribution in [0.1, 0.15) is 22.3 Å². The molecule has 0 radical (unpaired) electrons. The highest BCUT2D eigenvalue weighted by Gasteiger charge is 2.30. The summed E-state index contributed by atoms with van der Waals surface area (Å²) in [5.74, 6) is -0.336. The zero-order valence-electron chi connectivity index (χ0n) is 19.2. The van der Waals surface area contributed by atoms with Gasteiger partial charge in [-0.1, -0.05) is 54.6 Å². The van der Waals surface area contributed by atoms with Gasteiger partial charge in [0.25, 0.3) is 5.91 Å². The van der Waals surface area contributed by atoms with Crippen LogP contribution in [-0.2, 0) is 22.6 Å². The van der Waals surface area contributed by atoms with Gasteiger partial charge in [-0.3, -0.25) is 9.59 Å². The Morgan fingerprint density at radius 2 is 1.67 bits per heavy atom. The Hall–Kier alpha value is -3.67. The van der Waals surface area contributed by atoms with E-state index in [2.05, 4.69) is 5.32 Å². The van der Waals surface area contributed by atoms with Crippen LogP contribution in [0.25, 0.3) is 0 Å². The SMILES string of the molecule is CNC(=O)C(Cc1ccccc1)N(Cc1ccc(F)cc1)C(=O)COc1cc(C)ccc1C. The Labute approximate surface area is 194 Å². The lowest BCUT2D eigenvalue weighted by atomic mass is 10.0. The van der Waals surface area contributed by atoms with E-state index in [-0.39, 0.29) is 30.8 Å². The molecule has 0 spiro atoms. The molecule has 1 unspecified atom stereocenters. The minimum Gasteiger partial charge on any atom is -0.483 e. The molecule has 172 valence electrons. The number of hydrogen-bond donors (Lipinski definition) is 1. The maximum Gasteiger partial charge on any atom is 0.261 e. The molecule has 0 saturated carbocycles. The number of amides is 2. The van der Waals surface area contributed by atoms with Crippen molar-refractivity contribution in [1.82, 2.24) is 10.2 Å². The number of carbonyl (C=O) groups excluding carboxylic acids is 2. The number of aryl methyl sites for hydroxylation is 2. The number of hydrogen-bond acceptors (Lipinski definition) is 3. The topological polar surface area (TPSA) is 58.6 Å². The van der Waals surface area contributed by atoms with Gasteiger partial charge < -0.3 is 15.0 Å². The molecule has 0 fully saturated rings. The lowest BCUT2D eigenvalue weighted by Crippen LogP contribution is -2.51. The van der Waals surface area contributed by atoms with Crippen molar-refractivity contribution < 1.29 is 18.7 Å². The van der Waals surface area contributed by atoms with Crippen LogP contribution in [0.2, 0.25) is 0 Å². The lowest BCUT2D eigenvalue weighted by molar-refractivity contribution is -0.142. The molecular formula is C27H29FN2O3. The van der Waals surface area contributed by atoms with Crippen LogP contribution in [0.3, 0.4) is 0 Å². The van der Waals surface area contributed by atoms with Gasteiger partial charge in [-0.2, -0.15) is 0 Å². The minimum atomic E-state index is -0.753. The van der Waals surface area contributed by atoms with Crippen molar-refractivity contribution in [3.05, 3.63) is 101 Å². The number of nitrogens with zero attached hydrogens (tertiary/aromatic N) is 1. The Kier molecular flexibility index (Phi) is 8.19. The quantitative estimate of drug-likeness (QED) is 0.534. The second-order valence-corrected chi connectivity index (χ2v) is 8.03. The standard InChI is InChI=1S/C27H29FN2O3/c1-19-9-10-20(2)25(15-19)33-18-26(31)30(17-22-11-13-23(28)14-12-22)24(27(32)29-3)16-21-7-5-4-6-8-21/h4-15,24H,16-18H2,1-3H3,(H,29,32). The molecule has 1 N–H and O–H groups in total. The molecule has 0 bridgehead atoms. The van der Waals surface area contributed by atoms with Crippen molar-refractivity contribution >= 4 is 11.8 Å². The van der Waals surface area contributed by atoms with Gasteiger partial charge in [-0.05, 0) is 54.3 Å². The summed E-state index contributed by atoms with van der Waals surface area (Å²) in [6, 6.07) is 20.5. The van der Waals surface area contributed by atoms with E-state index >= 15 is 0 Å². The molecule has 33 heavy (non-hydrogen) atoms. The van der Waals surface area contributed by atoms with Crippen molar-refractivity contribution in [3.63, 3.8) is 0 Å². The van der Waals surface area contributed by atoms with E-state index in [1.165, 1.54) is 17.0 Å². The van der Waals surface area contributed by atoms with Crippen LogP contribution in [0.15, 0.2) is 72.8 Å². The molecule has 0 saturated heterocycles. The number of likely N-dealkylation sites (N-methyl/N-ethyl adjacent to an activating group) is 1. The third-order valence-corrected chi connectivity index (χ3v) is 5.48. The summed E-state index contributed by atoms with van der Waals surface area (Å²) in [6.45, 7) is 3.81. The molecule has 0 heterocycles. The predicted octanol–water partition coefficient (Wildman–Crippen LogP) is 4.21. The summed E-state index contributed by atoms with van der Waals surface area (Å²) in [4.78, 5) is 27.8. The first-order valence-electron chi connectivity index (χ1n) is 10.9. The molecule has 3 aromatic rings. The summed E-state index contributed by atoms with van der Waals surface area (Å²) >= 11 is 0. The Morgan fingerprint density at radius 1 is 0.970 bits per heavy atom. The number of nitrogens with one attached hydrogen (secondary N) is 1. The van der Waals surface area contributed by atoms with Crippen LogP contribution in [0.4, 0.5) is 4.39 Å². The van der Waals surface area contributed by atoms with E-state index in [1.807, 2.05) is 62.4 Å². The number of halogens is 1. The summed E-state index contributed by atoms with van der Waals surface area (Å²) in [5, 5.41) is 2.67. The number of ether oxygens (including phenoxy) is 1. The summed E-state index contributed by atoms with van der Waals surface area (Å²) in [5.41, 5.74) is 3.60. The lowest BCUT2D eigenvalue weighted by Gasteiger charge is -2.31. The minimum absolute atomic E-state index is 0.153. The monoisotopic (exact) mass is 448 g/mol. The predicted molar refractivity (Wildman–Crippen MR) is 126 cm³/mol. The zero-order valence-corrected chi connectivity index (χ0v) is 19.2. The molecule has 3 aromatic carbocycles. The molecule has 0 aliphatic carbocycles. The smallest absolute Gasteiger partial charge is 0.261 e. The van der Waals surface area contributed by atoms with Crippen molar-refractivity contribution in [1.29, 1.82) is 0 Å². The van der Waals surface area contributed by atoms with Gasteiger partial charge in [0.1, 0.15) is 17.6 Å². The normalized spacial score (nSPS) is 11.5. The van der Waals surface area contributed by atoms with Crippen molar-refractivity contribution in [2.75, 3.05) is 13.7 Å². The third-order valence-electron chi connectivity index (χ3n) is 5.48. The molecule has 1 atom stereocenters. The molecule has 0 aromatic heterocycles. The average Bonchev–Trinajstić information content (AvgIpc) is 2.83. The van der Waals surface area contributed by atoms with Gasteiger partial charge >= 0.3 is 0 Å². The van der Waals surface area contributed by atoms with E-state index in [9.17, 15) is 14.0 Å². The molecule has 6 heteroatoms. The number of carbonyl (C=O) groups is 2. The molecule has 2 amide bonds. The summed E-state index contributed by atoms with van der Waals surface area (Å²) in [7, 11) is 1.55. The van der Waals surface area contributed by atoms with E-state index in [4.69, 9.17) is 4.74 Å². The Bertz CT molecular complexity index is 1080. The summed E-state index contributed by atoms with van der Waals surface area (Å²) in [6.07, 6.45) is 0.344. The van der Waals surface area contributed by atoms with Crippen LogP contribution in [-0.4, -0.2) is 36.4 Å². The van der Waals surface area contributed by atoms with Crippen molar-refractivity contribution in [2.45, 2.75) is 32.9 Å². The van der Waals surface area contributed by atoms with Crippen LogP contribution in [0.5, 0.6) is 5.75 Å². The first kappa shape index (κ1) is 24.0. The fourth-order valence-electron chi connectivity index (χ4n) is 3.59. The van der Waals surface area contributed by atoms with Gasteiger partial charge in [0.05, 0.1) is 0 Å². The Morgan fingerprint density at radius 3 is 2.33 bits per heavy atom. The highest BCUT2D eigenvalue weighted by atomic mass is 19.1. The fourth-order valence-corrected chi connectivity index (χ4v) is 3.59. The average molecular weight is 449 g/mol. The van der Waals surface area contributed by atoms with E-state index in [0.717, 1.165) is 22.3 Å². The van der Waals surface area contributed by atoms with E-state index in [0.29, 0.717) is 12.2 Å². The summed E-state index contributed by atoms with van der Waals surface area (Å²) < 4.78 is 19.3. The van der Waals surface area contributed by atoms with Gasteiger partial charge in [0.2, 0.25) is 5.91 Å². The zero-order chi connectivity index (χ0) is 23.8. The van der Waals surface area contributed by atoms with Crippen molar-refractivity contribution in [3.8, 4) is 5.75 Å². The maximum absolute atomic E-state index is 13.4. The van der Waals surface area contributed by atoms with E-state index < -0.39 is 6.04 Å². The second-order valence-electron chi connectivity index (χ2n) is 8.03. The Balaban J connectivity index is 1.88. The molecule has 3 rings (SSSR count). The largest absolute Gasteiger partial charge is 0.483 e. The third kappa shape index (κ3) is 6.65. The molecule has 0 aliphatic heterocycles. The van der Waals surface area contributed by atoms with Crippen LogP contribution >= 0.6 is 0 Å².